The van der Waals surface area contributed by atoms with Crippen molar-refractivity contribution >= 4 is 15.7 Å². The third kappa shape index (κ3) is 5.04. The number of rotatable bonds is 8. The summed E-state index contributed by atoms with van der Waals surface area (Å²) in [5.74, 6) is 2.16. The Bertz CT molecular complexity index is 1470. The van der Waals surface area contributed by atoms with Gasteiger partial charge in [-0.3, -0.25) is 4.72 Å². The fourth-order valence-electron chi connectivity index (χ4n) is 3.35. The van der Waals surface area contributed by atoms with Crippen LogP contribution in [0.1, 0.15) is 17.0 Å². The summed E-state index contributed by atoms with van der Waals surface area (Å²) in [4.78, 5) is 8.50. The van der Waals surface area contributed by atoms with E-state index in [1.54, 1.807) is 35.0 Å². The van der Waals surface area contributed by atoms with Crippen molar-refractivity contribution in [2.75, 3.05) is 18.9 Å². The van der Waals surface area contributed by atoms with Gasteiger partial charge in [-0.05, 0) is 62.7 Å². The van der Waals surface area contributed by atoms with Gasteiger partial charge in [0.2, 0.25) is 5.88 Å². The number of anilines is 1. The molecule has 10 nitrogen and oxygen atoms in total. The van der Waals surface area contributed by atoms with Gasteiger partial charge in [0, 0.05) is 23.5 Å². The van der Waals surface area contributed by atoms with Crippen molar-refractivity contribution in [2.45, 2.75) is 25.7 Å². The Morgan fingerprint density at radius 2 is 1.60 bits per heavy atom. The molecule has 0 saturated carbocycles. The zero-order chi connectivity index (χ0) is 25.2. The van der Waals surface area contributed by atoms with E-state index in [-0.39, 0.29) is 4.90 Å². The molecule has 0 unspecified atom stereocenters. The fourth-order valence-corrected chi connectivity index (χ4v) is 4.43. The maximum atomic E-state index is 12.8. The third-order valence-electron chi connectivity index (χ3n) is 5.49. The van der Waals surface area contributed by atoms with Crippen LogP contribution in [0.3, 0.4) is 0 Å². The number of aryl methyl sites for hydroxylation is 1. The van der Waals surface area contributed by atoms with Crippen molar-refractivity contribution in [1.29, 1.82) is 0 Å². The molecule has 2 heterocycles. The average Bonchev–Trinajstić information content (AvgIpc) is 3.12. The second-order valence-electron chi connectivity index (χ2n) is 7.67. The number of nitrogens with zero attached hydrogens (tertiary/aromatic N) is 4. The standard InChI is InChI=1S/C24H25N5O5S/c1-15-16(2)27-29(17(15)3)23-13-24(26-14-25-23)34-19-8-6-18(7-9-19)28-35(30,31)20-10-11-21(32-4)22(12-20)33-5/h6-14,28H,1-5H3. The van der Waals surface area contributed by atoms with E-state index in [1.165, 1.54) is 38.7 Å². The smallest absolute Gasteiger partial charge is 0.262 e. The molecule has 35 heavy (non-hydrogen) atoms. The largest absolute Gasteiger partial charge is 0.493 e. The first-order valence-corrected chi connectivity index (χ1v) is 12.1. The maximum absolute atomic E-state index is 12.8. The lowest BCUT2D eigenvalue weighted by molar-refractivity contribution is 0.354. The van der Waals surface area contributed by atoms with E-state index in [0.717, 1.165) is 17.0 Å². The van der Waals surface area contributed by atoms with Crippen molar-refractivity contribution in [1.82, 2.24) is 19.7 Å². The first-order chi connectivity index (χ1) is 16.7. The van der Waals surface area contributed by atoms with Gasteiger partial charge in [0.1, 0.15) is 12.1 Å². The number of benzene rings is 2. The zero-order valence-corrected chi connectivity index (χ0v) is 20.8. The number of hydrogen-bond acceptors (Lipinski definition) is 8. The van der Waals surface area contributed by atoms with E-state index in [4.69, 9.17) is 14.2 Å². The van der Waals surface area contributed by atoms with Gasteiger partial charge in [0.15, 0.2) is 17.3 Å². The predicted molar refractivity (Wildman–Crippen MR) is 130 cm³/mol. The lowest BCUT2D eigenvalue weighted by Crippen LogP contribution is -2.13. The van der Waals surface area contributed by atoms with Gasteiger partial charge in [-0.15, -0.1) is 0 Å². The number of sulfonamides is 1. The minimum absolute atomic E-state index is 0.0448. The van der Waals surface area contributed by atoms with Crippen LogP contribution in [0.25, 0.3) is 5.82 Å². The number of hydrogen-bond donors (Lipinski definition) is 1. The van der Waals surface area contributed by atoms with E-state index in [9.17, 15) is 8.42 Å². The van der Waals surface area contributed by atoms with E-state index in [2.05, 4.69) is 19.8 Å². The molecule has 182 valence electrons. The van der Waals surface area contributed by atoms with Crippen LogP contribution in [0.5, 0.6) is 23.1 Å². The minimum Gasteiger partial charge on any atom is -0.493 e. The van der Waals surface area contributed by atoms with Gasteiger partial charge in [-0.2, -0.15) is 5.10 Å². The first-order valence-electron chi connectivity index (χ1n) is 10.6. The summed E-state index contributed by atoms with van der Waals surface area (Å²) in [7, 11) is -0.915. The number of methoxy groups -OCH3 is 2. The molecule has 0 aliphatic rings. The van der Waals surface area contributed by atoms with Crippen LogP contribution in [0.15, 0.2) is 59.8 Å². The number of ether oxygens (including phenoxy) is 3. The molecular weight excluding hydrogens is 470 g/mol. The normalized spacial score (nSPS) is 11.2. The Balaban J connectivity index is 1.49. The molecule has 1 N–H and O–H groups in total. The van der Waals surface area contributed by atoms with Crippen LogP contribution >= 0.6 is 0 Å². The highest BCUT2D eigenvalue weighted by Gasteiger charge is 2.17. The summed E-state index contributed by atoms with van der Waals surface area (Å²) in [5.41, 5.74) is 3.37. The van der Waals surface area contributed by atoms with Gasteiger partial charge < -0.3 is 14.2 Å². The fraction of sp³-hybridized carbons (Fsp3) is 0.208. The monoisotopic (exact) mass is 495 g/mol. The Kier molecular flexibility index (Phi) is 6.61. The molecule has 0 bridgehead atoms. The van der Waals surface area contributed by atoms with Crippen LogP contribution in [0.2, 0.25) is 0 Å². The first kappa shape index (κ1) is 24.0. The summed E-state index contributed by atoms with van der Waals surface area (Å²) in [6, 6.07) is 12.5. The van der Waals surface area contributed by atoms with E-state index < -0.39 is 10.0 Å². The maximum Gasteiger partial charge on any atom is 0.262 e. The molecular formula is C24H25N5O5S. The third-order valence-corrected chi connectivity index (χ3v) is 6.87. The minimum atomic E-state index is -3.84. The lowest BCUT2D eigenvalue weighted by atomic mass is 10.2. The van der Waals surface area contributed by atoms with Crippen molar-refractivity contribution in [2.24, 2.45) is 0 Å². The Labute approximate surface area is 203 Å². The molecule has 0 aliphatic heterocycles. The highest BCUT2D eigenvalue weighted by molar-refractivity contribution is 7.92. The molecule has 0 radical (unpaired) electrons. The van der Waals surface area contributed by atoms with Crippen LogP contribution in [-0.4, -0.2) is 42.4 Å². The molecule has 0 saturated heterocycles. The number of aromatic nitrogens is 4. The topological polar surface area (TPSA) is 117 Å². The molecule has 2 aromatic heterocycles. The van der Waals surface area contributed by atoms with Crippen LogP contribution in [0.4, 0.5) is 5.69 Å². The Hall–Kier alpha value is -4.12. The van der Waals surface area contributed by atoms with Crippen molar-refractivity contribution in [3.8, 4) is 28.9 Å². The van der Waals surface area contributed by atoms with Crippen molar-refractivity contribution < 1.29 is 22.6 Å². The van der Waals surface area contributed by atoms with E-state index >= 15 is 0 Å². The van der Waals surface area contributed by atoms with Crippen LogP contribution in [-0.2, 0) is 10.0 Å². The highest BCUT2D eigenvalue weighted by atomic mass is 32.2. The van der Waals surface area contributed by atoms with Gasteiger partial charge in [0.05, 0.1) is 24.8 Å². The molecule has 11 heteroatoms. The molecule has 4 rings (SSSR count). The summed E-state index contributed by atoms with van der Waals surface area (Å²) in [6.45, 7) is 5.92. The Morgan fingerprint density at radius 3 is 2.23 bits per heavy atom. The molecule has 0 amide bonds. The zero-order valence-electron chi connectivity index (χ0n) is 19.9. The van der Waals surface area contributed by atoms with E-state index in [1.807, 2.05) is 20.8 Å². The van der Waals surface area contributed by atoms with E-state index in [0.29, 0.717) is 34.6 Å². The van der Waals surface area contributed by atoms with Crippen molar-refractivity contribution in [3.05, 3.63) is 71.8 Å². The van der Waals surface area contributed by atoms with Gasteiger partial charge >= 0.3 is 0 Å². The summed E-state index contributed by atoms with van der Waals surface area (Å²) in [6.07, 6.45) is 1.40. The molecule has 0 fully saturated rings. The highest BCUT2D eigenvalue weighted by Crippen LogP contribution is 2.30. The summed E-state index contributed by atoms with van der Waals surface area (Å²) < 4.78 is 46.1. The average molecular weight is 496 g/mol. The second-order valence-corrected chi connectivity index (χ2v) is 9.35. The van der Waals surface area contributed by atoms with Gasteiger partial charge in [0.25, 0.3) is 10.0 Å². The Morgan fingerprint density at radius 1 is 0.886 bits per heavy atom. The molecule has 0 aliphatic carbocycles. The second kappa shape index (κ2) is 9.63. The van der Waals surface area contributed by atoms with Crippen molar-refractivity contribution in [3.63, 3.8) is 0 Å². The summed E-state index contributed by atoms with van der Waals surface area (Å²) >= 11 is 0. The van der Waals surface area contributed by atoms with Crippen LogP contribution < -0.4 is 18.9 Å². The molecule has 0 atom stereocenters. The molecule has 4 aromatic rings. The predicted octanol–water partition coefficient (Wildman–Crippen LogP) is 4.20. The van der Waals surface area contributed by atoms with Crippen LogP contribution in [0, 0.1) is 20.8 Å². The number of nitrogens with one attached hydrogen (secondary N) is 1. The SMILES string of the molecule is COc1ccc(S(=O)(=O)Nc2ccc(Oc3cc(-n4nc(C)c(C)c4C)ncn3)cc2)cc1OC. The summed E-state index contributed by atoms with van der Waals surface area (Å²) in [5, 5.41) is 4.51. The lowest BCUT2D eigenvalue weighted by Gasteiger charge is -2.12. The molecule has 2 aromatic carbocycles. The van der Waals surface area contributed by atoms with Gasteiger partial charge in [-0.1, -0.05) is 0 Å². The quantitative estimate of drug-likeness (QED) is 0.387. The van der Waals surface area contributed by atoms with Gasteiger partial charge in [-0.25, -0.2) is 23.1 Å². The molecule has 0 spiro atoms.